The fraction of sp³-hybridized carbons (Fsp3) is 0.929. The average Bonchev–Trinajstić information content (AvgIpc) is 2.78. The summed E-state index contributed by atoms with van der Waals surface area (Å²) in [5.74, 6) is 7.35. The second-order valence-electron chi connectivity index (χ2n) is 9.02. The first-order chi connectivity index (χ1) is 15.3. The van der Waals surface area contributed by atoms with Gasteiger partial charge in [-0.25, -0.2) is 0 Å². The van der Waals surface area contributed by atoms with Crippen molar-refractivity contribution in [2.24, 2.45) is 5.92 Å². The Morgan fingerprint density at radius 2 is 1.29 bits per heavy atom. The summed E-state index contributed by atoms with van der Waals surface area (Å²) >= 11 is 0. The first-order valence-corrected chi connectivity index (χ1v) is 13.6. The molecular weight excluding hydrogens is 382 g/mol. The van der Waals surface area contributed by atoms with Gasteiger partial charge in [-0.3, -0.25) is 0 Å². The number of nitrogens with one attached hydrogen (secondary N) is 1. The minimum absolute atomic E-state index is 0.536. The summed E-state index contributed by atoms with van der Waals surface area (Å²) in [6.07, 6.45) is 19.5. The number of unbranched alkanes of at least 4 members (excludes halogenated alkanes) is 6. The van der Waals surface area contributed by atoms with Crippen molar-refractivity contribution in [3.05, 3.63) is 0 Å². The van der Waals surface area contributed by atoms with E-state index in [9.17, 15) is 0 Å². The van der Waals surface area contributed by atoms with Crippen LogP contribution < -0.4 is 5.32 Å². The third-order valence-electron chi connectivity index (χ3n) is 5.97. The van der Waals surface area contributed by atoms with Crippen molar-refractivity contribution in [3.8, 4) is 11.8 Å². The highest BCUT2D eigenvalue weighted by Crippen LogP contribution is 2.20. The molecule has 0 rings (SSSR count). The first-order valence-electron chi connectivity index (χ1n) is 13.6. The van der Waals surface area contributed by atoms with Gasteiger partial charge in [-0.2, -0.15) is 0 Å². The molecule has 0 aliphatic carbocycles. The summed E-state index contributed by atoms with van der Waals surface area (Å²) < 4.78 is 11.3. The molecule has 3 nitrogen and oxygen atoms in total. The highest BCUT2D eigenvalue weighted by molar-refractivity contribution is 5.00. The molecule has 31 heavy (non-hydrogen) atoms. The van der Waals surface area contributed by atoms with Crippen molar-refractivity contribution in [2.75, 3.05) is 33.0 Å². The molecule has 0 aromatic carbocycles. The van der Waals surface area contributed by atoms with Crippen LogP contribution in [0.25, 0.3) is 0 Å². The van der Waals surface area contributed by atoms with Crippen LogP contribution in [0, 0.1) is 17.8 Å². The summed E-state index contributed by atoms with van der Waals surface area (Å²) in [6, 6.07) is 0.652. The third-order valence-corrected chi connectivity index (χ3v) is 5.97. The average molecular weight is 438 g/mol. The van der Waals surface area contributed by atoms with Gasteiger partial charge >= 0.3 is 0 Å². The SMILES string of the molecule is CCCCCCC(CC#CCOCCOCCNC(CCC)CCCCC)CCCC. The van der Waals surface area contributed by atoms with Crippen LogP contribution in [0.1, 0.15) is 124 Å². The Morgan fingerprint density at radius 1 is 0.613 bits per heavy atom. The fourth-order valence-electron chi connectivity index (χ4n) is 3.98. The van der Waals surface area contributed by atoms with Gasteiger partial charge in [0.2, 0.25) is 0 Å². The Labute approximate surface area is 195 Å². The lowest BCUT2D eigenvalue weighted by atomic mass is 9.92. The summed E-state index contributed by atoms with van der Waals surface area (Å²) in [4.78, 5) is 0. The fourth-order valence-corrected chi connectivity index (χ4v) is 3.98. The predicted octanol–water partition coefficient (Wildman–Crippen LogP) is 7.53. The van der Waals surface area contributed by atoms with Gasteiger partial charge in [0.25, 0.3) is 0 Å². The summed E-state index contributed by atoms with van der Waals surface area (Å²) in [5, 5.41) is 3.66. The van der Waals surface area contributed by atoms with Gasteiger partial charge in [0.15, 0.2) is 0 Å². The van der Waals surface area contributed by atoms with Gasteiger partial charge in [-0.1, -0.05) is 97.8 Å². The maximum absolute atomic E-state index is 5.71. The van der Waals surface area contributed by atoms with E-state index in [0.29, 0.717) is 25.9 Å². The van der Waals surface area contributed by atoms with Crippen LogP contribution in [-0.4, -0.2) is 39.0 Å². The summed E-state index contributed by atoms with van der Waals surface area (Å²) in [5.41, 5.74) is 0. The van der Waals surface area contributed by atoms with Gasteiger partial charge in [0, 0.05) is 19.0 Å². The molecule has 0 fully saturated rings. The van der Waals surface area contributed by atoms with E-state index >= 15 is 0 Å². The predicted molar refractivity (Wildman–Crippen MR) is 137 cm³/mol. The number of hydrogen-bond acceptors (Lipinski definition) is 3. The van der Waals surface area contributed by atoms with Crippen LogP contribution >= 0.6 is 0 Å². The molecule has 0 aliphatic rings. The molecule has 0 saturated heterocycles. The molecular formula is C28H55NO2. The van der Waals surface area contributed by atoms with Crippen molar-refractivity contribution in [1.29, 1.82) is 0 Å². The van der Waals surface area contributed by atoms with E-state index in [4.69, 9.17) is 9.47 Å². The van der Waals surface area contributed by atoms with Gasteiger partial charge in [-0.05, 0) is 31.6 Å². The van der Waals surface area contributed by atoms with Crippen molar-refractivity contribution < 1.29 is 9.47 Å². The number of rotatable bonds is 23. The minimum Gasteiger partial charge on any atom is -0.378 e. The molecule has 0 aromatic heterocycles. The molecule has 184 valence electrons. The Balaban J connectivity index is 3.71. The Hall–Kier alpha value is -0.560. The zero-order valence-electron chi connectivity index (χ0n) is 21.6. The molecule has 0 bridgehead atoms. The lowest BCUT2D eigenvalue weighted by Gasteiger charge is -2.18. The zero-order chi connectivity index (χ0) is 22.8. The van der Waals surface area contributed by atoms with Crippen molar-refractivity contribution >= 4 is 0 Å². The zero-order valence-corrected chi connectivity index (χ0v) is 21.6. The van der Waals surface area contributed by atoms with E-state index in [-0.39, 0.29) is 0 Å². The van der Waals surface area contributed by atoms with E-state index in [2.05, 4.69) is 44.9 Å². The molecule has 2 atom stereocenters. The minimum atomic E-state index is 0.536. The van der Waals surface area contributed by atoms with Crippen molar-refractivity contribution in [2.45, 2.75) is 130 Å². The van der Waals surface area contributed by atoms with Gasteiger partial charge < -0.3 is 14.8 Å². The molecule has 3 heteroatoms. The molecule has 2 unspecified atom stereocenters. The van der Waals surface area contributed by atoms with Crippen LogP contribution in [0.5, 0.6) is 0 Å². The summed E-state index contributed by atoms with van der Waals surface area (Å²) in [6.45, 7) is 12.6. The normalized spacial score (nSPS) is 13.0. The van der Waals surface area contributed by atoms with Crippen LogP contribution in [0.3, 0.4) is 0 Å². The lowest BCUT2D eigenvalue weighted by Crippen LogP contribution is -2.32. The van der Waals surface area contributed by atoms with Gasteiger partial charge in [-0.15, -0.1) is 5.92 Å². The molecule has 0 spiro atoms. The number of ether oxygens (including phenoxy) is 2. The molecule has 0 amide bonds. The first kappa shape index (κ1) is 30.4. The quantitative estimate of drug-likeness (QED) is 0.132. The van der Waals surface area contributed by atoms with Gasteiger partial charge in [0.05, 0.1) is 19.8 Å². The van der Waals surface area contributed by atoms with E-state index in [1.807, 2.05) is 0 Å². The second-order valence-corrected chi connectivity index (χ2v) is 9.02. The Kier molecular flexibility index (Phi) is 25.2. The molecule has 1 N–H and O–H groups in total. The van der Waals surface area contributed by atoms with E-state index in [0.717, 1.165) is 25.5 Å². The second kappa shape index (κ2) is 25.7. The largest absolute Gasteiger partial charge is 0.378 e. The smallest absolute Gasteiger partial charge is 0.107 e. The van der Waals surface area contributed by atoms with Crippen LogP contribution in [-0.2, 0) is 9.47 Å². The highest BCUT2D eigenvalue weighted by atomic mass is 16.5. The van der Waals surface area contributed by atoms with Crippen LogP contribution in [0.15, 0.2) is 0 Å². The standard InChI is InChI=1S/C28H55NO2/c1-5-9-12-14-19-27(18-11-7-3)20-15-16-23-30-25-26-31-24-22-29-28(17-8-4)21-13-10-6-2/h27-29H,5-14,17-26H2,1-4H3. The molecule has 0 aromatic rings. The monoisotopic (exact) mass is 437 g/mol. The Bertz CT molecular complexity index is 402. The maximum atomic E-state index is 5.71. The topological polar surface area (TPSA) is 30.5 Å². The van der Waals surface area contributed by atoms with E-state index < -0.39 is 0 Å². The number of hydrogen-bond donors (Lipinski definition) is 1. The van der Waals surface area contributed by atoms with Crippen LogP contribution in [0.2, 0.25) is 0 Å². The maximum Gasteiger partial charge on any atom is 0.107 e. The molecule has 0 radical (unpaired) electrons. The molecule has 0 saturated carbocycles. The molecule has 0 heterocycles. The van der Waals surface area contributed by atoms with E-state index in [1.165, 1.54) is 89.9 Å². The molecule has 0 aliphatic heterocycles. The highest BCUT2D eigenvalue weighted by Gasteiger charge is 2.07. The van der Waals surface area contributed by atoms with Crippen LogP contribution in [0.4, 0.5) is 0 Å². The lowest BCUT2D eigenvalue weighted by molar-refractivity contribution is 0.0603. The van der Waals surface area contributed by atoms with Gasteiger partial charge in [0.1, 0.15) is 6.61 Å². The summed E-state index contributed by atoms with van der Waals surface area (Å²) in [7, 11) is 0. The van der Waals surface area contributed by atoms with E-state index in [1.54, 1.807) is 0 Å². The Morgan fingerprint density at radius 3 is 2.03 bits per heavy atom. The third kappa shape index (κ3) is 22.4. The van der Waals surface area contributed by atoms with Crippen molar-refractivity contribution in [3.63, 3.8) is 0 Å². The van der Waals surface area contributed by atoms with Crippen molar-refractivity contribution in [1.82, 2.24) is 5.32 Å².